The minimum atomic E-state index is 0.101. The van der Waals surface area contributed by atoms with Crippen molar-refractivity contribution in [1.29, 1.82) is 0 Å². The molecule has 0 saturated carbocycles. The number of aromatic nitrogens is 1. The normalized spacial score (nSPS) is 20.9. The first kappa shape index (κ1) is 13.5. The SMILES string of the molecule is CC(C)(CNCC1COCCN1)c1cccnc1. The highest BCUT2D eigenvalue weighted by molar-refractivity contribution is 5.19. The molecule has 0 amide bonds. The lowest BCUT2D eigenvalue weighted by molar-refractivity contribution is 0.0764. The molecule has 0 bridgehead atoms. The molecule has 0 radical (unpaired) electrons. The van der Waals surface area contributed by atoms with Gasteiger partial charge in [-0.2, -0.15) is 0 Å². The van der Waals surface area contributed by atoms with Gasteiger partial charge in [-0.15, -0.1) is 0 Å². The number of hydrogen-bond donors (Lipinski definition) is 2. The van der Waals surface area contributed by atoms with E-state index in [1.165, 1.54) is 5.56 Å². The molecule has 2 rings (SSSR count). The summed E-state index contributed by atoms with van der Waals surface area (Å²) in [6, 6.07) is 4.56. The largest absolute Gasteiger partial charge is 0.378 e. The molecule has 1 aliphatic heterocycles. The van der Waals surface area contributed by atoms with E-state index in [0.717, 1.165) is 32.8 Å². The van der Waals surface area contributed by atoms with Crippen molar-refractivity contribution < 1.29 is 4.74 Å². The van der Waals surface area contributed by atoms with E-state index in [9.17, 15) is 0 Å². The Labute approximate surface area is 109 Å². The summed E-state index contributed by atoms with van der Waals surface area (Å²) in [5, 5.41) is 6.97. The van der Waals surface area contributed by atoms with Crippen LogP contribution in [0.1, 0.15) is 19.4 Å². The molecule has 18 heavy (non-hydrogen) atoms. The van der Waals surface area contributed by atoms with Gasteiger partial charge in [-0.1, -0.05) is 19.9 Å². The molecule has 1 aromatic heterocycles. The predicted octanol–water partition coefficient (Wildman–Crippen LogP) is 0.937. The number of nitrogens with one attached hydrogen (secondary N) is 2. The minimum absolute atomic E-state index is 0.101. The Morgan fingerprint density at radius 1 is 1.56 bits per heavy atom. The molecule has 2 N–H and O–H groups in total. The lowest BCUT2D eigenvalue weighted by atomic mass is 9.85. The third-order valence-corrected chi connectivity index (χ3v) is 3.40. The Bertz CT molecular complexity index is 347. The van der Waals surface area contributed by atoms with Crippen molar-refractivity contribution in [3.8, 4) is 0 Å². The minimum Gasteiger partial charge on any atom is -0.378 e. The van der Waals surface area contributed by atoms with Crippen molar-refractivity contribution >= 4 is 0 Å². The predicted molar refractivity (Wildman–Crippen MR) is 72.7 cm³/mol. The maximum atomic E-state index is 5.44. The summed E-state index contributed by atoms with van der Waals surface area (Å²) >= 11 is 0. The van der Waals surface area contributed by atoms with Crippen LogP contribution in [0.3, 0.4) is 0 Å². The molecule has 4 heteroatoms. The van der Waals surface area contributed by atoms with E-state index in [1.54, 1.807) is 0 Å². The molecule has 0 aliphatic carbocycles. The summed E-state index contributed by atoms with van der Waals surface area (Å²) in [4.78, 5) is 4.19. The highest BCUT2D eigenvalue weighted by Crippen LogP contribution is 2.20. The van der Waals surface area contributed by atoms with Crippen LogP contribution in [-0.4, -0.2) is 43.9 Å². The molecular weight excluding hydrogens is 226 g/mol. The summed E-state index contributed by atoms with van der Waals surface area (Å²) in [6.07, 6.45) is 3.76. The van der Waals surface area contributed by atoms with E-state index >= 15 is 0 Å². The van der Waals surface area contributed by atoms with Gasteiger partial charge in [0.25, 0.3) is 0 Å². The molecule has 4 nitrogen and oxygen atoms in total. The first-order valence-electron chi connectivity index (χ1n) is 6.61. The van der Waals surface area contributed by atoms with E-state index in [2.05, 4.69) is 35.5 Å². The van der Waals surface area contributed by atoms with Crippen LogP contribution in [0.4, 0.5) is 0 Å². The first-order chi connectivity index (χ1) is 8.68. The van der Waals surface area contributed by atoms with Crippen LogP contribution >= 0.6 is 0 Å². The molecule has 1 aliphatic rings. The van der Waals surface area contributed by atoms with Gasteiger partial charge in [0.05, 0.1) is 13.2 Å². The van der Waals surface area contributed by atoms with Gasteiger partial charge >= 0.3 is 0 Å². The molecule has 1 atom stereocenters. The summed E-state index contributed by atoms with van der Waals surface area (Å²) in [5.41, 5.74) is 1.37. The maximum absolute atomic E-state index is 5.44. The second-order valence-electron chi connectivity index (χ2n) is 5.48. The number of hydrogen-bond acceptors (Lipinski definition) is 4. The summed E-state index contributed by atoms with van der Waals surface area (Å²) in [5.74, 6) is 0. The van der Waals surface area contributed by atoms with Gasteiger partial charge < -0.3 is 15.4 Å². The first-order valence-corrected chi connectivity index (χ1v) is 6.61. The molecule has 1 saturated heterocycles. The fraction of sp³-hybridized carbons (Fsp3) is 0.643. The maximum Gasteiger partial charge on any atom is 0.0632 e. The van der Waals surface area contributed by atoms with Gasteiger partial charge in [0.2, 0.25) is 0 Å². The molecule has 0 aromatic carbocycles. The molecule has 1 fully saturated rings. The highest BCUT2D eigenvalue weighted by Gasteiger charge is 2.21. The summed E-state index contributed by atoms with van der Waals surface area (Å²) in [7, 11) is 0. The van der Waals surface area contributed by atoms with Crippen molar-refractivity contribution in [2.75, 3.05) is 32.8 Å². The number of nitrogens with zero attached hydrogens (tertiary/aromatic N) is 1. The Balaban J connectivity index is 1.78. The average Bonchev–Trinajstić information content (AvgIpc) is 2.41. The van der Waals surface area contributed by atoms with Crippen LogP contribution in [0.15, 0.2) is 24.5 Å². The Hall–Kier alpha value is -0.970. The van der Waals surface area contributed by atoms with Gasteiger partial charge in [0.1, 0.15) is 0 Å². The quantitative estimate of drug-likeness (QED) is 0.815. The van der Waals surface area contributed by atoms with Crippen LogP contribution in [0.25, 0.3) is 0 Å². The van der Waals surface area contributed by atoms with Crippen molar-refractivity contribution in [2.45, 2.75) is 25.3 Å². The van der Waals surface area contributed by atoms with Crippen molar-refractivity contribution in [3.63, 3.8) is 0 Å². The van der Waals surface area contributed by atoms with Crippen LogP contribution in [0.2, 0.25) is 0 Å². The number of pyridine rings is 1. The van der Waals surface area contributed by atoms with Crippen molar-refractivity contribution in [2.24, 2.45) is 0 Å². The zero-order chi connectivity index (χ0) is 12.8. The summed E-state index contributed by atoms with van der Waals surface area (Å²) in [6.45, 7) is 8.96. The Morgan fingerprint density at radius 2 is 2.44 bits per heavy atom. The molecular formula is C14H23N3O. The number of ether oxygens (including phenoxy) is 1. The fourth-order valence-electron chi connectivity index (χ4n) is 2.17. The number of morpholine rings is 1. The fourth-order valence-corrected chi connectivity index (χ4v) is 2.17. The van der Waals surface area contributed by atoms with Crippen molar-refractivity contribution in [3.05, 3.63) is 30.1 Å². The number of rotatable bonds is 5. The van der Waals surface area contributed by atoms with E-state index < -0.39 is 0 Å². The van der Waals surface area contributed by atoms with Gasteiger partial charge in [-0.05, 0) is 11.6 Å². The second kappa shape index (κ2) is 6.27. The average molecular weight is 249 g/mol. The van der Waals surface area contributed by atoms with E-state index in [4.69, 9.17) is 4.74 Å². The van der Waals surface area contributed by atoms with Gasteiger partial charge in [0.15, 0.2) is 0 Å². The topological polar surface area (TPSA) is 46.2 Å². The molecule has 0 spiro atoms. The third-order valence-electron chi connectivity index (χ3n) is 3.40. The monoisotopic (exact) mass is 249 g/mol. The van der Waals surface area contributed by atoms with Crippen LogP contribution in [0, 0.1) is 0 Å². The second-order valence-corrected chi connectivity index (χ2v) is 5.48. The molecule has 1 aromatic rings. The van der Waals surface area contributed by atoms with E-state index in [-0.39, 0.29) is 5.41 Å². The molecule has 100 valence electrons. The third kappa shape index (κ3) is 3.77. The van der Waals surface area contributed by atoms with E-state index in [0.29, 0.717) is 6.04 Å². The van der Waals surface area contributed by atoms with Crippen LogP contribution in [0.5, 0.6) is 0 Å². The Kier molecular flexibility index (Phi) is 4.69. The summed E-state index contributed by atoms with van der Waals surface area (Å²) < 4.78 is 5.44. The van der Waals surface area contributed by atoms with E-state index in [1.807, 2.05) is 18.5 Å². The highest BCUT2D eigenvalue weighted by atomic mass is 16.5. The smallest absolute Gasteiger partial charge is 0.0632 e. The lowest BCUT2D eigenvalue weighted by Crippen LogP contribution is -2.48. The lowest BCUT2D eigenvalue weighted by Gasteiger charge is -2.28. The molecule has 1 unspecified atom stereocenters. The Morgan fingerprint density at radius 3 is 3.11 bits per heavy atom. The van der Waals surface area contributed by atoms with Crippen LogP contribution < -0.4 is 10.6 Å². The molecule has 2 heterocycles. The zero-order valence-corrected chi connectivity index (χ0v) is 11.3. The van der Waals surface area contributed by atoms with Gasteiger partial charge in [-0.25, -0.2) is 0 Å². The zero-order valence-electron chi connectivity index (χ0n) is 11.3. The van der Waals surface area contributed by atoms with Crippen molar-refractivity contribution in [1.82, 2.24) is 15.6 Å². The van der Waals surface area contributed by atoms with Gasteiger partial charge in [0, 0.05) is 43.5 Å². The van der Waals surface area contributed by atoms with Gasteiger partial charge in [-0.3, -0.25) is 4.98 Å². The van der Waals surface area contributed by atoms with Crippen LogP contribution in [-0.2, 0) is 10.2 Å². The standard InChI is InChI=1S/C14H23N3O/c1-14(2,12-4-3-5-15-8-12)11-16-9-13-10-18-7-6-17-13/h3-5,8,13,16-17H,6-7,9-11H2,1-2H3.